The molecule has 1 fully saturated rings. The summed E-state index contributed by atoms with van der Waals surface area (Å²) in [6.45, 7) is 0.145. The average molecular weight is 289 g/mol. The molecule has 0 bridgehead atoms. The minimum atomic E-state index is -3.59. The molecular formula is C12H16FNO4S. The lowest BCUT2D eigenvalue weighted by atomic mass is 10.3. The molecule has 0 radical (unpaired) electrons. The summed E-state index contributed by atoms with van der Waals surface area (Å²) >= 11 is 0. The Labute approximate surface area is 111 Å². The van der Waals surface area contributed by atoms with Gasteiger partial charge in [-0.05, 0) is 25.0 Å². The third kappa shape index (κ3) is 2.66. The van der Waals surface area contributed by atoms with Gasteiger partial charge in [0.2, 0.25) is 10.0 Å². The largest absolute Gasteiger partial charge is 0.494 e. The molecule has 7 heteroatoms. The molecule has 1 aromatic carbocycles. The molecule has 1 aromatic rings. The fraction of sp³-hybridized carbons (Fsp3) is 0.500. The maximum atomic E-state index is 13.1. The van der Waals surface area contributed by atoms with E-state index in [1.54, 1.807) is 0 Å². The quantitative estimate of drug-likeness (QED) is 0.866. The van der Waals surface area contributed by atoms with Crippen LogP contribution in [0.15, 0.2) is 18.2 Å². The Morgan fingerprint density at radius 3 is 2.58 bits per heavy atom. The monoisotopic (exact) mass is 289 g/mol. The maximum Gasteiger partial charge on any atom is 0.240 e. The third-order valence-electron chi connectivity index (χ3n) is 3.19. The lowest BCUT2D eigenvalue weighted by Crippen LogP contribution is -2.33. The number of rotatable bonds is 6. The Bertz CT molecular complexity index is 569. The van der Waals surface area contributed by atoms with Crippen LogP contribution in [0.5, 0.6) is 5.75 Å². The van der Waals surface area contributed by atoms with Crippen LogP contribution < -0.4 is 9.46 Å². The summed E-state index contributed by atoms with van der Waals surface area (Å²) in [5, 5.41) is 0. The molecule has 0 aromatic heterocycles. The van der Waals surface area contributed by atoms with Gasteiger partial charge in [0.15, 0.2) is 0 Å². The van der Waals surface area contributed by atoms with Crippen molar-refractivity contribution in [1.82, 2.24) is 0 Å². The van der Waals surface area contributed by atoms with Crippen LogP contribution in [0, 0.1) is 5.82 Å². The normalized spacial score (nSPS) is 17.0. The molecule has 0 saturated heterocycles. The topological polar surface area (TPSA) is 64.6 Å². The molecule has 0 spiro atoms. The second-order valence-electron chi connectivity index (χ2n) is 4.57. The highest BCUT2D eigenvalue weighted by Gasteiger charge is 2.55. The summed E-state index contributed by atoms with van der Waals surface area (Å²) < 4.78 is 49.1. The zero-order valence-electron chi connectivity index (χ0n) is 10.8. The van der Waals surface area contributed by atoms with E-state index in [0.29, 0.717) is 12.8 Å². The second kappa shape index (κ2) is 4.97. The van der Waals surface area contributed by atoms with Gasteiger partial charge in [-0.3, -0.25) is 4.72 Å². The van der Waals surface area contributed by atoms with Gasteiger partial charge in [0.1, 0.15) is 16.3 Å². The van der Waals surface area contributed by atoms with Crippen molar-refractivity contribution in [3.05, 3.63) is 24.0 Å². The lowest BCUT2D eigenvalue weighted by molar-refractivity contribution is 0.192. The zero-order valence-corrected chi connectivity index (χ0v) is 11.6. The van der Waals surface area contributed by atoms with Gasteiger partial charge in [-0.1, -0.05) is 0 Å². The molecule has 1 N–H and O–H groups in total. The van der Waals surface area contributed by atoms with Gasteiger partial charge in [0.25, 0.3) is 0 Å². The first-order valence-corrected chi connectivity index (χ1v) is 7.27. The minimum absolute atomic E-state index is 0.145. The molecule has 0 aliphatic heterocycles. The molecule has 19 heavy (non-hydrogen) atoms. The van der Waals surface area contributed by atoms with Crippen LogP contribution >= 0.6 is 0 Å². The summed E-state index contributed by atoms with van der Waals surface area (Å²) in [7, 11) is -0.765. The smallest absolute Gasteiger partial charge is 0.240 e. The van der Waals surface area contributed by atoms with Crippen LogP contribution in [0.25, 0.3) is 0 Å². The third-order valence-corrected chi connectivity index (χ3v) is 5.35. The van der Waals surface area contributed by atoms with Gasteiger partial charge in [0.05, 0.1) is 19.4 Å². The molecule has 0 heterocycles. The van der Waals surface area contributed by atoms with E-state index in [4.69, 9.17) is 9.47 Å². The zero-order chi connectivity index (χ0) is 14.1. The van der Waals surface area contributed by atoms with Crippen LogP contribution in [0.1, 0.15) is 12.8 Å². The fourth-order valence-corrected chi connectivity index (χ4v) is 3.48. The average Bonchev–Trinajstić information content (AvgIpc) is 3.13. The van der Waals surface area contributed by atoms with Crippen LogP contribution in [0.4, 0.5) is 10.1 Å². The number of methoxy groups -OCH3 is 2. The highest BCUT2D eigenvalue weighted by atomic mass is 32.2. The number of hydrogen-bond acceptors (Lipinski definition) is 4. The molecule has 106 valence electrons. The fourth-order valence-electron chi connectivity index (χ4n) is 1.90. The summed E-state index contributed by atoms with van der Waals surface area (Å²) in [6.07, 6.45) is 1.11. The Morgan fingerprint density at radius 2 is 2.05 bits per heavy atom. The first-order valence-electron chi connectivity index (χ1n) is 5.79. The van der Waals surface area contributed by atoms with E-state index in [1.165, 1.54) is 26.4 Å². The van der Waals surface area contributed by atoms with Crippen molar-refractivity contribution in [2.75, 3.05) is 25.5 Å². The minimum Gasteiger partial charge on any atom is -0.494 e. The molecule has 1 saturated carbocycles. The van der Waals surface area contributed by atoms with Gasteiger partial charge < -0.3 is 9.47 Å². The van der Waals surface area contributed by atoms with Gasteiger partial charge >= 0.3 is 0 Å². The van der Waals surface area contributed by atoms with Crippen molar-refractivity contribution in [2.24, 2.45) is 0 Å². The SMILES string of the molecule is COCC1(S(=O)(=O)Nc2ccc(F)cc2OC)CC1. The predicted octanol–water partition coefficient (Wildman–Crippen LogP) is 1.75. The Balaban J connectivity index is 2.26. The van der Waals surface area contributed by atoms with Crippen LogP contribution in [0.3, 0.4) is 0 Å². The van der Waals surface area contributed by atoms with Crippen molar-refractivity contribution in [2.45, 2.75) is 17.6 Å². The standard InChI is InChI=1S/C12H16FNO4S/c1-17-8-12(5-6-12)19(15,16)14-10-4-3-9(13)7-11(10)18-2/h3-4,7,14H,5-6,8H2,1-2H3. The van der Waals surface area contributed by atoms with Crippen molar-refractivity contribution in [3.63, 3.8) is 0 Å². The second-order valence-corrected chi connectivity index (χ2v) is 6.64. The van der Waals surface area contributed by atoms with E-state index in [9.17, 15) is 12.8 Å². The first-order chi connectivity index (χ1) is 8.94. The van der Waals surface area contributed by atoms with Crippen LogP contribution in [-0.2, 0) is 14.8 Å². The predicted molar refractivity (Wildman–Crippen MR) is 69.3 cm³/mol. The van der Waals surface area contributed by atoms with Gasteiger partial charge in [-0.25, -0.2) is 12.8 Å². The number of benzene rings is 1. The number of nitrogens with one attached hydrogen (secondary N) is 1. The van der Waals surface area contributed by atoms with Crippen molar-refractivity contribution < 1.29 is 22.3 Å². The number of sulfonamides is 1. The molecule has 0 amide bonds. The summed E-state index contributed by atoms with van der Waals surface area (Å²) in [5.74, 6) is -0.338. The summed E-state index contributed by atoms with van der Waals surface area (Å²) in [5.41, 5.74) is 0.228. The highest BCUT2D eigenvalue weighted by molar-refractivity contribution is 7.94. The molecule has 1 aliphatic carbocycles. The maximum absolute atomic E-state index is 13.1. The van der Waals surface area contributed by atoms with E-state index in [2.05, 4.69) is 4.72 Å². The summed E-state index contributed by atoms with van der Waals surface area (Å²) in [4.78, 5) is 0. The van der Waals surface area contributed by atoms with Crippen molar-refractivity contribution in [1.29, 1.82) is 0 Å². The van der Waals surface area contributed by atoms with E-state index in [0.717, 1.165) is 6.07 Å². The van der Waals surface area contributed by atoms with Gasteiger partial charge in [0, 0.05) is 13.2 Å². The van der Waals surface area contributed by atoms with Crippen LogP contribution in [-0.4, -0.2) is 34.0 Å². The van der Waals surface area contributed by atoms with E-state index in [1.807, 2.05) is 0 Å². The molecule has 0 atom stereocenters. The Kier molecular flexibility index (Phi) is 3.69. The first kappa shape index (κ1) is 14.1. The summed E-state index contributed by atoms with van der Waals surface area (Å²) in [6, 6.07) is 3.65. The van der Waals surface area contributed by atoms with Crippen molar-refractivity contribution in [3.8, 4) is 5.75 Å². The molecular weight excluding hydrogens is 273 g/mol. The molecule has 0 unspecified atom stereocenters. The highest BCUT2D eigenvalue weighted by Crippen LogP contribution is 2.45. The van der Waals surface area contributed by atoms with Crippen molar-refractivity contribution >= 4 is 15.7 Å². The molecule has 1 aliphatic rings. The van der Waals surface area contributed by atoms with Crippen LogP contribution in [0.2, 0.25) is 0 Å². The number of hydrogen-bond donors (Lipinski definition) is 1. The lowest BCUT2D eigenvalue weighted by Gasteiger charge is -2.18. The Hall–Kier alpha value is -1.34. The molecule has 2 rings (SSSR count). The number of ether oxygens (including phenoxy) is 2. The number of halogens is 1. The van der Waals surface area contributed by atoms with Gasteiger partial charge in [-0.15, -0.1) is 0 Å². The Morgan fingerprint density at radius 1 is 1.37 bits per heavy atom. The van der Waals surface area contributed by atoms with E-state index < -0.39 is 20.6 Å². The van der Waals surface area contributed by atoms with E-state index >= 15 is 0 Å². The van der Waals surface area contributed by atoms with Gasteiger partial charge in [-0.2, -0.15) is 0 Å². The van der Waals surface area contributed by atoms with E-state index in [-0.39, 0.29) is 18.0 Å². The molecule has 5 nitrogen and oxygen atoms in total. The number of anilines is 1.